The smallest absolute Gasteiger partial charge is 0.344 e. The van der Waals surface area contributed by atoms with Gasteiger partial charge in [-0.2, -0.15) is 5.01 Å². The summed E-state index contributed by atoms with van der Waals surface area (Å²) in [5.74, 6) is -3.38. The summed E-state index contributed by atoms with van der Waals surface area (Å²) < 4.78 is 5.53. The molecule has 4 N–H and O–H groups in total. The number of ether oxygens (including phenoxy) is 1. The number of nitrogens with one attached hydrogen (secondary N) is 3. The number of carbonyl (C=O) groups excluding carboxylic acids is 4. The molecule has 0 aliphatic carbocycles. The molecule has 1 unspecified atom stereocenters. The molecule has 0 spiro atoms. The minimum absolute atomic E-state index is 0.0519. The number of rotatable bonds is 13. The fourth-order valence-electron chi connectivity index (χ4n) is 4.61. The van der Waals surface area contributed by atoms with Crippen molar-refractivity contribution in [1.29, 1.82) is 0 Å². The number of benzene rings is 1. The van der Waals surface area contributed by atoms with Gasteiger partial charge in [-0.15, -0.1) is 0 Å². The lowest BCUT2D eigenvalue weighted by Crippen LogP contribution is -2.52. The molecule has 1 aromatic rings. The Labute approximate surface area is 217 Å². The molecule has 0 aromatic heterocycles. The molecular formula is C26H38N4O7. The van der Waals surface area contributed by atoms with Gasteiger partial charge in [-0.05, 0) is 50.0 Å². The molecule has 37 heavy (non-hydrogen) atoms. The summed E-state index contributed by atoms with van der Waals surface area (Å²) in [5, 5.41) is 12.2. The van der Waals surface area contributed by atoms with E-state index in [1.807, 2.05) is 44.2 Å². The van der Waals surface area contributed by atoms with Crippen molar-refractivity contribution in [3.63, 3.8) is 0 Å². The summed E-state index contributed by atoms with van der Waals surface area (Å²) in [6.07, 6.45) is 4.08. The molecule has 2 heterocycles. The largest absolute Gasteiger partial charge is 0.394 e. The average molecular weight is 519 g/mol. The lowest BCUT2D eigenvalue weighted by Gasteiger charge is -2.29. The number of hydrogen-bond acceptors (Lipinski definition) is 7. The van der Waals surface area contributed by atoms with E-state index in [2.05, 4.69) is 16.2 Å². The van der Waals surface area contributed by atoms with E-state index >= 15 is 0 Å². The molecule has 204 valence electrons. The van der Waals surface area contributed by atoms with Gasteiger partial charge in [-0.3, -0.25) is 19.8 Å². The van der Waals surface area contributed by atoms with Crippen LogP contribution in [-0.2, 0) is 30.4 Å². The van der Waals surface area contributed by atoms with E-state index in [9.17, 15) is 24.3 Å². The zero-order valence-corrected chi connectivity index (χ0v) is 21.5. The predicted octanol–water partition coefficient (Wildman–Crippen LogP) is 1.81. The van der Waals surface area contributed by atoms with Crippen LogP contribution < -0.4 is 16.2 Å². The second kappa shape index (κ2) is 14.1. The second-order valence-corrected chi connectivity index (χ2v) is 9.94. The minimum Gasteiger partial charge on any atom is -0.394 e. The van der Waals surface area contributed by atoms with E-state index < -0.39 is 54.5 Å². The highest BCUT2D eigenvalue weighted by Crippen LogP contribution is 2.27. The number of aliphatic hydroxyl groups excluding tert-OH is 1. The summed E-state index contributed by atoms with van der Waals surface area (Å²) in [5.41, 5.74) is 5.99. The van der Waals surface area contributed by atoms with Crippen molar-refractivity contribution < 1.29 is 33.9 Å². The molecule has 0 radical (unpaired) electrons. The van der Waals surface area contributed by atoms with Crippen molar-refractivity contribution in [2.45, 2.75) is 71.1 Å². The van der Waals surface area contributed by atoms with Crippen molar-refractivity contribution in [2.75, 3.05) is 13.2 Å². The van der Waals surface area contributed by atoms with E-state index in [0.29, 0.717) is 37.3 Å². The van der Waals surface area contributed by atoms with Crippen molar-refractivity contribution in [3.05, 3.63) is 35.9 Å². The molecule has 11 heteroatoms. The third kappa shape index (κ3) is 8.24. The van der Waals surface area contributed by atoms with Crippen LogP contribution >= 0.6 is 0 Å². The van der Waals surface area contributed by atoms with E-state index in [-0.39, 0.29) is 5.92 Å². The first kappa shape index (κ1) is 28.5. The van der Waals surface area contributed by atoms with Gasteiger partial charge in [0.15, 0.2) is 6.29 Å². The summed E-state index contributed by atoms with van der Waals surface area (Å²) in [6.45, 7) is 3.83. The summed E-state index contributed by atoms with van der Waals surface area (Å²) in [4.78, 5) is 56.9. The second-order valence-electron chi connectivity index (χ2n) is 9.94. The Morgan fingerprint density at radius 2 is 1.92 bits per heavy atom. The van der Waals surface area contributed by atoms with Crippen molar-refractivity contribution in [2.24, 2.45) is 17.8 Å². The molecule has 5 amide bonds. The van der Waals surface area contributed by atoms with Crippen molar-refractivity contribution >= 4 is 23.8 Å². The van der Waals surface area contributed by atoms with Crippen LogP contribution in [0.2, 0.25) is 0 Å². The highest BCUT2D eigenvalue weighted by Gasteiger charge is 2.42. The lowest BCUT2D eigenvalue weighted by atomic mass is 9.81. The van der Waals surface area contributed by atoms with Gasteiger partial charge in [-0.25, -0.2) is 15.1 Å². The van der Waals surface area contributed by atoms with Gasteiger partial charge in [0.05, 0.1) is 18.4 Å². The molecule has 2 fully saturated rings. The number of aliphatic hydroxyl groups is 1. The molecule has 1 aromatic carbocycles. The van der Waals surface area contributed by atoms with Gasteiger partial charge in [0.1, 0.15) is 6.04 Å². The number of carbonyl (C=O) groups is 4. The Morgan fingerprint density at radius 1 is 1.16 bits per heavy atom. The number of amides is 5. The van der Waals surface area contributed by atoms with Gasteiger partial charge < -0.3 is 15.2 Å². The third-order valence-corrected chi connectivity index (χ3v) is 6.56. The van der Waals surface area contributed by atoms with Crippen LogP contribution in [-0.4, -0.2) is 59.4 Å². The zero-order valence-electron chi connectivity index (χ0n) is 21.5. The number of imide groups is 1. The van der Waals surface area contributed by atoms with Gasteiger partial charge in [0.25, 0.3) is 5.91 Å². The summed E-state index contributed by atoms with van der Waals surface area (Å²) >= 11 is 0. The lowest BCUT2D eigenvalue weighted by molar-refractivity contribution is -0.203. The van der Waals surface area contributed by atoms with Crippen molar-refractivity contribution in [1.82, 2.24) is 21.2 Å². The maximum absolute atomic E-state index is 13.4. The highest BCUT2D eigenvalue weighted by atomic mass is 16.8. The molecule has 0 saturated carbocycles. The van der Waals surface area contributed by atoms with Gasteiger partial charge in [0, 0.05) is 13.0 Å². The number of hydroxylamine groups is 1. The SMILES string of the molecule is CC(C)C[C@@H](C(=O)NN1C(=O)N[C@@H](CO)C1=O)[C@H](CCCc1ccccc1)C(=O)NOC1CCCCO1. The molecule has 0 bridgehead atoms. The maximum atomic E-state index is 13.4. The molecule has 11 nitrogen and oxygen atoms in total. The molecule has 2 saturated heterocycles. The zero-order chi connectivity index (χ0) is 26.8. The Kier molecular flexibility index (Phi) is 10.8. The molecule has 2 aliphatic heterocycles. The van der Waals surface area contributed by atoms with Gasteiger partial charge in [-0.1, -0.05) is 44.2 Å². The molecule has 4 atom stereocenters. The number of aryl methyl sites for hydroxylation is 1. The number of hydrogen-bond donors (Lipinski definition) is 4. The third-order valence-electron chi connectivity index (χ3n) is 6.56. The van der Waals surface area contributed by atoms with Crippen molar-refractivity contribution in [3.8, 4) is 0 Å². The highest BCUT2D eigenvalue weighted by molar-refractivity contribution is 6.05. The molecular weight excluding hydrogens is 480 g/mol. The Hall–Kier alpha value is -3.02. The van der Waals surface area contributed by atoms with E-state index in [1.54, 1.807) is 0 Å². The topological polar surface area (TPSA) is 146 Å². The fourth-order valence-corrected chi connectivity index (χ4v) is 4.61. The Balaban J connectivity index is 1.74. The monoisotopic (exact) mass is 518 g/mol. The van der Waals surface area contributed by atoms with Gasteiger partial charge in [0.2, 0.25) is 11.8 Å². The first-order valence-electron chi connectivity index (χ1n) is 13.0. The Bertz CT molecular complexity index is 921. The van der Waals surface area contributed by atoms with E-state index in [4.69, 9.17) is 9.57 Å². The maximum Gasteiger partial charge on any atom is 0.344 e. The van der Waals surface area contributed by atoms with Gasteiger partial charge >= 0.3 is 6.03 Å². The number of hydrazine groups is 1. The summed E-state index contributed by atoms with van der Waals surface area (Å²) in [7, 11) is 0. The van der Waals surface area contributed by atoms with Crippen LogP contribution in [0.15, 0.2) is 30.3 Å². The van der Waals surface area contributed by atoms with Crippen LogP contribution in [0, 0.1) is 17.8 Å². The van der Waals surface area contributed by atoms with Crippen LogP contribution in [0.3, 0.4) is 0 Å². The quantitative estimate of drug-likeness (QED) is 0.230. The van der Waals surface area contributed by atoms with Crippen LogP contribution in [0.1, 0.15) is 57.9 Å². The normalized spacial score (nSPS) is 21.5. The van der Waals surface area contributed by atoms with E-state index in [1.165, 1.54) is 0 Å². The first-order chi connectivity index (χ1) is 17.8. The molecule has 3 rings (SSSR count). The summed E-state index contributed by atoms with van der Waals surface area (Å²) in [6, 6.07) is 7.89. The minimum atomic E-state index is -1.12. The fraction of sp³-hybridized carbons (Fsp3) is 0.615. The van der Waals surface area contributed by atoms with E-state index in [0.717, 1.165) is 24.8 Å². The Morgan fingerprint density at radius 3 is 2.54 bits per heavy atom. The number of urea groups is 1. The average Bonchev–Trinajstić information content (AvgIpc) is 3.17. The predicted molar refractivity (Wildman–Crippen MR) is 133 cm³/mol. The van der Waals surface area contributed by atoms with Crippen LogP contribution in [0.4, 0.5) is 4.79 Å². The molecule has 2 aliphatic rings. The van der Waals surface area contributed by atoms with Crippen LogP contribution in [0.5, 0.6) is 0 Å². The first-order valence-corrected chi connectivity index (χ1v) is 13.0. The number of nitrogens with zero attached hydrogens (tertiary/aromatic N) is 1. The standard InChI is InChI=1S/C26H38N4O7/c1-17(2)15-20(23(32)28-30-25(34)21(16-31)27-26(30)35)19(12-8-11-18-9-4-3-5-10-18)24(33)29-37-22-13-6-7-14-36-22/h3-5,9-10,17,19-22,31H,6-8,11-16H2,1-2H3,(H,27,35)(H,28,32)(H,29,33)/t19-,20+,21-,22?/m0/s1. The van der Waals surface area contributed by atoms with Crippen LogP contribution in [0.25, 0.3) is 0 Å².